The largest absolute Gasteiger partial charge is 0.495 e. The van der Waals surface area contributed by atoms with Gasteiger partial charge in [-0.2, -0.15) is 0 Å². The highest BCUT2D eigenvalue weighted by Crippen LogP contribution is 2.64. The lowest BCUT2D eigenvalue weighted by molar-refractivity contribution is -0.133. The number of nitrogens with one attached hydrogen (secondary N) is 1. The molecule has 1 saturated heterocycles. The summed E-state index contributed by atoms with van der Waals surface area (Å²) in [5.74, 6) is 1.41. The first-order valence-electron chi connectivity index (χ1n) is 14.8. The van der Waals surface area contributed by atoms with Crippen LogP contribution in [0.4, 0.5) is 5.69 Å². The van der Waals surface area contributed by atoms with Crippen molar-refractivity contribution in [3.8, 4) is 5.75 Å². The number of carbonyl (C=O) groups excluding carboxylic acids is 2. The molecule has 1 aromatic carbocycles. The molecular weight excluding hydrogens is 490 g/mol. The van der Waals surface area contributed by atoms with Crippen molar-refractivity contribution < 1.29 is 19.4 Å². The summed E-state index contributed by atoms with van der Waals surface area (Å²) in [6, 6.07) is 8.07. The molecular formula is C32H51N3O4. The zero-order valence-corrected chi connectivity index (χ0v) is 25.3. The van der Waals surface area contributed by atoms with Gasteiger partial charge in [0.1, 0.15) is 5.75 Å². The van der Waals surface area contributed by atoms with Crippen LogP contribution < -0.4 is 15.0 Å². The molecule has 7 heteroatoms. The quantitative estimate of drug-likeness (QED) is 0.507. The number of anilines is 1. The van der Waals surface area contributed by atoms with E-state index >= 15 is 0 Å². The smallest absolute Gasteiger partial charge is 0.222 e. The third kappa shape index (κ3) is 6.55. The van der Waals surface area contributed by atoms with Gasteiger partial charge in [0.05, 0.1) is 18.4 Å². The maximum absolute atomic E-state index is 13.5. The fraction of sp³-hybridized carbons (Fsp3) is 0.750. The summed E-state index contributed by atoms with van der Waals surface area (Å²) in [6.45, 7) is 15.7. The third-order valence-electron chi connectivity index (χ3n) is 9.72. The van der Waals surface area contributed by atoms with Gasteiger partial charge < -0.3 is 25.0 Å². The fourth-order valence-corrected chi connectivity index (χ4v) is 7.75. The number of rotatable bonds is 7. The van der Waals surface area contributed by atoms with Crippen molar-refractivity contribution >= 4 is 17.5 Å². The Morgan fingerprint density at radius 1 is 1.05 bits per heavy atom. The normalized spacial score (nSPS) is 30.6. The number of benzene rings is 1. The van der Waals surface area contributed by atoms with Crippen LogP contribution in [0.5, 0.6) is 5.75 Å². The number of nitrogens with zero attached hydrogens (tertiary/aromatic N) is 2. The van der Waals surface area contributed by atoms with Gasteiger partial charge in [-0.05, 0) is 73.3 Å². The van der Waals surface area contributed by atoms with E-state index in [1.54, 1.807) is 7.11 Å². The molecule has 0 radical (unpaired) electrons. The van der Waals surface area contributed by atoms with Gasteiger partial charge in [-0.15, -0.1) is 0 Å². The van der Waals surface area contributed by atoms with Crippen LogP contribution in [0.15, 0.2) is 24.3 Å². The van der Waals surface area contributed by atoms with Crippen molar-refractivity contribution in [3.63, 3.8) is 0 Å². The van der Waals surface area contributed by atoms with E-state index < -0.39 is 5.60 Å². The molecule has 1 heterocycles. The Hall–Kier alpha value is -2.28. The lowest BCUT2D eigenvalue weighted by Crippen LogP contribution is -2.53. The highest BCUT2D eigenvalue weighted by Gasteiger charge is 2.61. The Kier molecular flexibility index (Phi) is 8.33. The minimum Gasteiger partial charge on any atom is -0.495 e. The lowest BCUT2D eigenvalue weighted by Gasteiger charge is -2.51. The Labute approximate surface area is 235 Å². The van der Waals surface area contributed by atoms with Gasteiger partial charge in [0, 0.05) is 45.1 Å². The molecule has 2 N–H and O–H groups in total. The summed E-state index contributed by atoms with van der Waals surface area (Å²) in [5.41, 5.74) is 0.101. The van der Waals surface area contributed by atoms with E-state index in [4.69, 9.17) is 4.74 Å². The Morgan fingerprint density at radius 2 is 1.72 bits per heavy atom. The molecule has 3 fully saturated rings. The molecule has 4 atom stereocenters. The zero-order valence-electron chi connectivity index (χ0n) is 25.3. The maximum Gasteiger partial charge on any atom is 0.222 e. The molecule has 0 spiro atoms. The van der Waals surface area contributed by atoms with Crippen molar-refractivity contribution in [2.24, 2.45) is 22.2 Å². The van der Waals surface area contributed by atoms with E-state index in [2.05, 4.69) is 50.9 Å². The number of methoxy groups -OCH3 is 1. The predicted molar refractivity (Wildman–Crippen MR) is 156 cm³/mol. The van der Waals surface area contributed by atoms with E-state index in [0.717, 1.165) is 50.2 Å². The highest BCUT2D eigenvalue weighted by atomic mass is 16.5. The second-order valence-corrected chi connectivity index (χ2v) is 14.6. The summed E-state index contributed by atoms with van der Waals surface area (Å²) >= 11 is 0. The molecule has 7 nitrogen and oxygen atoms in total. The third-order valence-corrected chi connectivity index (χ3v) is 9.72. The van der Waals surface area contributed by atoms with Crippen LogP contribution in [0.1, 0.15) is 86.5 Å². The van der Waals surface area contributed by atoms with Crippen molar-refractivity contribution in [1.29, 1.82) is 0 Å². The second-order valence-electron chi connectivity index (χ2n) is 14.6. The first-order chi connectivity index (χ1) is 18.2. The van der Waals surface area contributed by atoms with Crippen molar-refractivity contribution in [2.45, 2.75) is 98.1 Å². The monoisotopic (exact) mass is 541 g/mol. The molecule has 1 aliphatic heterocycles. The minimum absolute atomic E-state index is 0.0203. The maximum atomic E-state index is 13.5. The summed E-state index contributed by atoms with van der Waals surface area (Å²) < 4.78 is 5.54. The highest BCUT2D eigenvalue weighted by molar-refractivity contribution is 5.78. The number of carbonyl (C=O) groups is 2. The van der Waals surface area contributed by atoms with Gasteiger partial charge in [-0.1, -0.05) is 46.8 Å². The summed E-state index contributed by atoms with van der Waals surface area (Å²) in [4.78, 5) is 30.9. The van der Waals surface area contributed by atoms with E-state index in [0.29, 0.717) is 32.4 Å². The van der Waals surface area contributed by atoms with Crippen LogP contribution >= 0.6 is 0 Å². The fourth-order valence-electron chi connectivity index (χ4n) is 7.75. The van der Waals surface area contributed by atoms with Gasteiger partial charge in [-0.3, -0.25) is 9.59 Å². The van der Waals surface area contributed by atoms with Crippen LogP contribution in [0.3, 0.4) is 0 Å². The SMILES string of the molecule is COc1ccccc1N1CCN(C(=O)CC[C@]23CC[C@](C)(O)C[C@H]2C(C)(C)C[C@@H]3NC(=O)CC(C)(C)C)CC1. The van der Waals surface area contributed by atoms with E-state index in [1.807, 2.05) is 30.0 Å². The molecule has 2 amide bonds. The molecule has 4 rings (SSSR count). The zero-order chi connectivity index (χ0) is 28.6. The van der Waals surface area contributed by atoms with Crippen LogP contribution in [-0.4, -0.2) is 66.8 Å². The first kappa shape index (κ1) is 29.7. The molecule has 0 aromatic heterocycles. The molecule has 0 unspecified atom stereocenters. The number of aliphatic hydroxyl groups is 1. The Bertz CT molecular complexity index is 1040. The molecule has 39 heavy (non-hydrogen) atoms. The van der Waals surface area contributed by atoms with Gasteiger partial charge >= 0.3 is 0 Å². The van der Waals surface area contributed by atoms with Gasteiger partial charge in [-0.25, -0.2) is 0 Å². The summed E-state index contributed by atoms with van der Waals surface area (Å²) in [5, 5.41) is 14.5. The van der Waals surface area contributed by atoms with Gasteiger partial charge in [0.2, 0.25) is 11.8 Å². The van der Waals surface area contributed by atoms with Crippen molar-refractivity contribution in [1.82, 2.24) is 10.2 Å². The molecule has 0 bridgehead atoms. The van der Waals surface area contributed by atoms with Gasteiger partial charge in [0.25, 0.3) is 0 Å². The number of para-hydroxylation sites is 2. The summed E-state index contributed by atoms with van der Waals surface area (Å²) in [7, 11) is 1.69. The molecule has 2 saturated carbocycles. The predicted octanol–water partition coefficient (Wildman–Crippen LogP) is 5.01. The average molecular weight is 542 g/mol. The van der Waals surface area contributed by atoms with E-state index in [1.165, 1.54) is 0 Å². The summed E-state index contributed by atoms with van der Waals surface area (Å²) in [6.07, 6.45) is 4.86. The molecule has 2 aliphatic carbocycles. The average Bonchev–Trinajstić information content (AvgIpc) is 3.06. The topological polar surface area (TPSA) is 82.1 Å². The minimum atomic E-state index is -0.700. The van der Waals surface area contributed by atoms with E-state index in [-0.39, 0.29) is 40.0 Å². The first-order valence-corrected chi connectivity index (χ1v) is 14.8. The van der Waals surface area contributed by atoms with Crippen LogP contribution in [-0.2, 0) is 9.59 Å². The Morgan fingerprint density at radius 3 is 2.36 bits per heavy atom. The number of piperazine rings is 1. The second kappa shape index (κ2) is 10.9. The standard InChI is InChI=1S/C32H51N3O4/c1-29(2,3)22-27(36)33-26-21-30(4,5)25-20-31(6,38)14-15-32(25,26)13-12-28(37)35-18-16-34(17-19-35)23-10-8-9-11-24(23)39-7/h8-11,25-26,38H,12-22H2,1-7H3,(H,33,36)/t25-,26-,31-,32-/m0/s1. The molecule has 218 valence electrons. The van der Waals surface area contributed by atoms with E-state index in [9.17, 15) is 14.7 Å². The molecule has 1 aromatic rings. The van der Waals surface area contributed by atoms with Crippen LogP contribution in [0.25, 0.3) is 0 Å². The molecule has 3 aliphatic rings. The number of hydrogen-bond donors (Lipinski definition) is 2. The number of amides is 2. The number of fused-ring (bicyclic) bond motifs is 1. The van der Waals surface area contributed by atoms with Crippen LogP contribution in [0, 0.1) is 22.2 Å². The number of ether oxygens (including phenoxy) is 1. The van der Waals surface area contributed by atoms with Crippen molar-refractivity contribution in [3.05, 3.63) is 24.3 Å². The Balaban J connectivity index is 1.45. The van der Waals surface area contributed by atoms with Crippen molar-refractivity contribution in [2.75, 3.05) is 38.2 Å². The van der Waals surface area contributed by atoms with Gasteiger partial charge in [0.15, 0.2) is 0 Å². The number of hydrogen-bond acceptors (Lipinski definition) is 5. The lowest BCUT2D eigenvalue weighted by atomic mass is 9.57. The van der Waals surface area contributed by atoms with Crippen LogP contribution in [0.2, 0.25) is 0 Å².